The van der Waals surface area contributed by atoms with Crippen LogP contribution in [0.4, 0.5) is 0 Å². The molecular weight excluding hydrogens is 326 g/mol. The van der Waals surface area contributed by atoms with Crippen LogP contribution in [-0.2, 0) is 22.6 Å². The maximum atomic E-state index is 6.15. The monoisotopic (exact) mass is 353 g/mol. The van der Waals surface area contributed by atoms with Gasteiger partial charge in [-0.25, -0.2) is 0 Å². The quantitative estimate of drug-likeness (QED) is 0.827. The minimum Gasteiger partial charge on any atom is -0.372 e. The summed E-state index contributed by atoms with van der Waals surface area (Å²) in [4.78, 5) is 11.5. The van der Waals surface area contributed by atoms with Crippen LogP contribution in [0.5, 0.6) is 0 Å². The van der Waals surface area contributed by atoms with Crippen molar-refractivity contribution in [2.24, 2.45) is 0 Å². The molecule has 2 saturated heterocycles. The van der Waals surface area contributed by atoms with Crippen molar-refractivity contribution >= 4 is 0 Å². The highest BCUT2D eigenvalue weighted by Crippen LogP contribution is 2.36. The fourth-order valence-electron chi connectivity index (χ4n) is 4.03. The molecule has 2 aromatic heterocycles. The summed E-state index contributed by atoms with van der Waals surface area (Å²) in [5, 5.41) is 0. The largest absolute Gasteiger partial charge is 0.372 e. The normalized spacial score (nSPS) is 22.3. The Morgan fingerprint density at radius 1 is 1.08 bits per heavy atom. The Kier molecular flexibility index (Phi) is 5.02. The molecule has 2 aliphatic rings. The third-order valence-electron chi connectivity index (χ3n) is 5.22. The van der Waals surface area contributed by atoms with Crippen LogP contribution in [0.25, 0.3) is 0 Å². The molecule has 138 valence electrons. The van der Waals surface area contributed by atoms with Crippen LogP contribution >= 0.6 is 0 Å². The first-order valence-electron chi connectivity index (χ1n) is 9.43. The molecule has 4 heterocycles. The molecule has 2 aliphatic heterocycles. The van der Waals surface area contributed by atoms with Gasteiger partial charge in [-0.2, -0.15) is 0 Å². The first-order valence-corrected chi connectivity index (χ1v) is 9.43. The SMILES string of the molecule is Cc1cccc(CO[C@@H]2CCOC3(C2)CN(Cc2cccc(C)n2)C3)n1. The topological polar surface area (TPSA) is 47.5 Å². The third-order valence-corrected chi connectivity index (χ3v) is 5.22. The summed E-state index contributed by atoms with van der Waals surface area (Å²) in [6.45, 7) is 8.24. The van der Waals surface area contributed by atoms with Crippen molar-refractivity contribution in [3.8, 4) is 0 Å². The fourth-order valence-corrected chi connectivity index (χ4v) is 4.03. The summed E-state index contributed by atoms with van der Waals surface area (Å²) in [5.74, 6) is 0. The van der Waals surface area contributed by atoms with Crippen molar-refractivity contribution in [3.05, 3.63) is 59.2 Å². The van der Waals surface area contributed by atoms with E-state index in [0.717, 1.165) is 61.9 Å². The highest BCUT2D eigenvalue weighted by atomic mass is 16.5. The number of pyridine rings is 2. The van der Waals surface area contributed by atoms with Gasteiger partial charge in [-0.15, -0.1) is 0 Å². The number of ether oxygens (including phenoxy) is 2. The summed E-state index contributed by atoms with van der Waals surface area (Å²) in [7, 11) is 0. The lowest BCUT2D eigenvalue weighted by Gasteiger charge is -2.53. The fraction of sp³-hybridized carbons (Fsp3) is 0.524. The first-order chi connectivity index (χ1) is 12.6. The zero-order chi connectivity index (χ0) is 18.0. The number of hydrogen-bond donors (Lipinski definition) is 0. The Morgan fingerprint density at radius 3 is 2.50 bits per heavy atom. The molecule has 0 saturated carbocycles. The standard InChI is InChI=1S/C21H27N3O2/c1-16-5-3-7-18(22-16)12-24-14-21(15-24)11-20(9-10-26-21)25-13-19-8-4-6-17(2)23-19/h3-8,20H,9-15H2,1-2H3/t20-/m1/s1. The second-order valence-corrected chi connectivity index (χ2v) is 7.64. The number of aryl methyl sites for hydroxylation is 2. The van der Waals surface area contributed by atoms with Gasteiger partial charge in [0.15, 0.2) is 0 Å². The molecule has 0 bridgehead atoms. The molecule has 0 aromatic carbocycles. The summed E-state index contributed by atoms with van der Waals surface area (Å²) in [5.41, 5.74) is 4.21. The van der Waals surface area contributed by atoms with E-state index in [1.165, 1.54) is 0 Å². The zero-order valence-corrected chi connectivity index (χ0v) is 15.6. The van der Waals surface area contributed by atoms with Crippen LogP contribution in [0.2, 0.25) is 0 Å². The van der Waals surface area contributed by atoms with E-state index in [1.807, 2.05) is 38.1 Å². The van der Waals surface area contributed by atoms with E-state index in [-0.39, 0.29) is 11.7 Å². The predicted octanol–water partition coefficient (Wildman–Crippen LogP) is 3.04. The van der Waals surface area contributed by atoms with Crippen LogP contribution in [-0.4, -0.2) is 46.3 Å². The lowest BCUT2D eigenvalue weighted by atomic mass is 9.84. The summed E-state index contributed by atoms with van der Waals surface area (Å²) in [6.07, 6.45) is 2.19. The summed E-state index contributed by atoms with van der Waals surface area (Å²) >= 11 is 0. The van der Waals surface area contributed by atoms with Crippen molar-refractivity contribution < 1.29 is 9.47 Å². The van der Waals surface area contributed by atoms with Gasteiger partial charge in [-0.3, -0.25) is 14.9 Å². The van der Waals surface area contributed by atoms with E-state index < -0.39 is 0 Å². The van der Waals surface area contributed by atoms with Crippen LogP contribution in [0.1, 0.15) is 35.6 Å². The van der Waals surface area contributed by atoms with Gasteiger partial charge in [0.1, 0.15) is 0 Å². The zero-order valence-electron chi connectivity index (χ0n) is 15.6. The third kappa shape index (κ3) is 4.11. The molecule has 2 aromatic rings. The predicted molar refractivity (Wildman–Crippen MR) is 99.7 cm³/mol. The van der Waals surface area contributed by atoms with E-state index in [0.29, 0.717) is 6.61 Å². The molecule has 26 heavy (non-hydrogen) atoms. The van der Waals surface area contributed by atoms with E-state index in [9.17, 15) is 0 Å². The molecule has 5 heteroatoms. The van der Waals surface area contributed by atoms with Gasteiger partial charge < -0.3 is 9.47 Å². The molecule has 1 atom stereocenters. The lowest BCUT2D eigenvalue weighted by Crippen LogP contribution is -2.65. The van der Waals surface area contributed by atoms with Crippen molar-refractivity contribution in [2.75, 3.05) is 19.7 Å². The minimum absolute atomic E-state index is 0.0349. The second-order valence-electron chi connectivity index (χ2n) is 7.64. The molecule has 5 nitrogen and oxygen atoms in total. The van der Waals surface area contributed by atoms with Gasteiger partial charge in [0, 0.05) is 44.0 Å². The van der Waals surface area contributed by atoms with Gasteiger partial charge in [0.05, 0.1) is 29.7 Å². The summed E-state index contributed by atoms with van der Waals surface area (Å²) in [6, 6.07) is 12.3. The Labute approximate surface area is 155 Å². The van der Waals surface area contributed by atoms with Gasteiger partial charge >= 0.3 is 0 Å². The lowest BCUT2D eigenvalue weighted by molar-refractivity contribution is -0.200. The number of nitrogens with zero attached hydrogens (tertiary/aromatic N) is 3. The van der Waals surface area contributed by atoms with Crippen LogP contribution in [0.15, 0.2) is 36.4 Å². The van der Waals surface area contributed by atoms with E-state index >= 15 is 0 Å². The Bertz CT molecular complexity index is 758. The molecule has 4 rings (SSSR count). The molecule has 0 N–H and O–H groups in total. The Morgan fingerprint density at radius 2 is 1.77 bits per heavy atom. The molecule has 1 spiro atoms. The van der Waals surface area contributed by atoms with Crippen molar-refractivity contribution in [3.63, 3.8) is 0 Å². The number of hydrogen-bond acceptors (Lipinski definition) is 5. The highest BCUT2D eigenvalue weighted by Gasteiger charge is 2.47. The van der Waals surface area contributed by atoms with Crippen molar-refractivity contribution in [1.29, 1.82) is 0 Å². The Balaban J connectivity index is 1.28. The van der Waals surface area contributed by atoms with Gasteiger partial charge in [0.2, 0.25) is 0 Å². The van der Waals surface area contributed by atoms with E-state index in [4.69, 9.17) is 9.47 Å². The molecule has 0 radical (unpaired) electrons. The summed E-state index contributed by atoms with van der Waals surface area (Å²) < 4.78 is 12.3. The Hall–Kier alpha value is -1.82. The number of likely N-dealkylation sites (tertiary alicyclic amines) is 1. The van der Waals surface area contributed by atoms with Crippen LogP contribution in [0, 0.1) is 13.8 Å². The smallest absolute Gasteiger partial charge is 0.0959 e. The number of rotatable bonds is 5. The van der Waals surface area contributed by atoms with E-state index in [2.05, 4.69) is 27.0 Å². The average Bonchev–Trinajstić information content (AvgIpc) is 2.59. The van der Waals surface area contributed by atoms with E-state index in [1.54, 1.807) is 0 Å². The molecule has 0 amide bonds. The number of aromatic nitrogens is 2. The van der Waals surface area contributed by atoms with Crippen molar-refractivity contribution in [2.45, 2.75) is 51.5 Å². The minimum atomic E-state index is -0.0349. The molecule has 0 unspecified atom stereocenters. The van der Waals surface area contributed by atoms with Crippen molar-refractivity contribution in [1.82, 2.24) is 14.9 Å². The maximum absolute atomic E-state index is 6.15. The first kappa shape index (κ1) is 17.6. The average molecular weight is 353 g/mol. The maximum Gasteiger partial charge on any atom is 0.0959 e. The van der Waals surface area contributed by atoms with Gasteiger partial charge in [-0.05, 0) is 44.5 Å². The molecule has 0 aliphatic carbocycles. The van der Waals surface area contributed by atoms with Crippen LogP contribution < -0.4 is 0 Å². The van der Waals surface area contributed by atoms with Gasteiger partial charge in [-0.1, -0.05) is 12.1 Å². The molecule has 2 fully saturated rings. The van der Waals surface area contributed by atoms with Crippen LogP contribution in [0.3, 0.4) is 0 Å². The van der Waals surface area contributed by atoms with Gasteiger partial charge in [0.25, 0.3) is 0 Å². The molecular formula is C21H27N3O2. The second kappa shape index (κ2) is 7.43. The highest BCUT2D eigenvalue weighted by molar-refractivity contribution is 5.12.